The van der Waals surface area contributed by atoms with Gasteiger partial charge in [0.15, 0.2) is 0 Å². The fourth-order valence-corrected chi connectivity index (χ4v) is 6.63. The van der Waals surface area contributed by atoms with E-state index >= 15 is 0 Å². The molecule has 36 heavy (non-hydrogen) atoms. The van der Waals surface area contributed by atoms with E-state index in [1.54, 1.807) is 0 Å². The number of hydrogen-bond acceptors (Lipinski definition) is 7. The summed E-state index contributed by atoms with van der Waals surface area (Å²) < 4.78 is 22.0. The lowest BCUT2D eigenvalue weighted by molar-refractivity contribution is -0.156. The number of esters is 2. The minimum absolute atomic E-state index is 0.105. The molecule has 0 radical (unpaired) electrons. The maximum absolute atomic E-state index is 12.0. The molecule has 2 unspecified atom stereocenters. The van der Waals surface area contributed by atoms with Gasteiger partial charge in [-0.15, -0.1) is 0 Å². The lowest BCUT2D eigenvalue weighted by atomic mass is 9.71. The minimum atomic E-state index is -0.302. The molecule has 0 aromatic carbocycles. The van der Waals surface area contributed by atoms with Gasteiger partial charge in [-0.3, -0.25) is 9.59 Å². The van der Waals surface area contributed by atoms with Crippen molar-refractivity contribution in [3.8, 4) is 6.07 Å². The van der Waals surface area contributed by atoms with Gasteiger partial charge in [0.1, 0.15) is 0 Å². The Morgan fingerprint density at radius 3 is 1.61 bits per heavy atom. The smallest absolute Gasteiger partial charge is 0.308 e. The second-order valence-electron chi connectivity index (χ2n) is 11.2. The molecule has 0 amide bonds. The average molecular weight is 506 g/mol. The first-order chi connectivity index (χ1) is 17.5. The molecular formula is C29H47NO6. The highest BCUT2D eigenvalue weighted by atomic mass is 16.5. The quantitative estimate of drug-likeness (QED) is 0.252. The number of rotatable bonds is 12. The van der Waals surface area contributed by atoms with Crippen LogP contribution in [0.5, 0.6) is 0 Å². The highest BCUT2D eigenvalue weighted by molar-refractivity contribution is 5.76. The van der Waals surface area contributed by atoms with Crippen LogP contribution in [0.1, 0.15) is 96.3 Å². The molecule has 7 heteroatoms. The Labute approximate surface area is 217 Å². The van der Waals surface area contributed by atoms with Crippen LogP contribution in [0.15, 0.2) is 0 Å². The normalized spacial score (nSPS) is 32.9. The molecule has 0 aliphatic heterocycles. The molecule has 0 aromatic rings. The summed E-state index contributed by atoms with van der Waals surface area (Å²) in [6, 6.07) is 2.45. The third-order valence-corrected chi connectivity index (χ3v) is 8.82. The summed E-state index contributed by atoms with van der Waals surface area (Å²) >= 11 is 0. The van der Waals surface area contributed by atoms with Gasteiger partial charge in [-0.05, 0) is 95.3 Å². The highest BCUT2D eigenvalue weighted by Crippen LogP contribution is 2.40. The van der Waals surface area contributed by atoms with Gasteiger partial charge in [-0.1, -0.05) is 12.8 Å². The van der Waals surface area contributed by atoms with Gasteiger partial charge in [-0.25, -0.2) is 0 Å². The number of nitrogens with zero attached hydrogens (tertiary/aromatic N) is 1. The fourth-order valence-electron chi connectivity index (χ4n) is 6.63. The summed E-state index contributed by atoms with van der Waals surface area (Å²) in [5.41, 5.74) is 0. The molecular weight excluding hydrogens is 458 g/mol. The van der Waals surface area contributed by atoms with Gasteiger partial charge in [-0.2, -0.15) is 5.26 Å². The number of carbonyl (C=O) groups excluding carboxylic acids is 2. The van der Waals surface area contributed by atoms with Crippen molar-refractivity contribution in [3.63, 3.8) is 0 Å². The van der Waals surface area contributed by atoms with Crippen LogP contribution < -0.4 is 0 Å². The zero-order chi connectivity index (χ0) is 25.8. The molecule has 204 valence electrons. The molecule has 3 aliphatic carbocycles. The summed E-state index contributed by atoms with van der Waals surface area (Å²) in [7, 11) is 2.77. The van der Waals surface area contributed by atoms with Crippen LogP contribution in [-0.4, -0.2) is 51.6 Å². The topological polar surface area (TPSA) is 94.9 Å². The van der Waals surface area contributed by atoms with E-state index in [0.717, 1.165) is 57.0 Å². The number of ether oxygens (including phenoxy) is 4. The van der Waals surface area contributed by atoms with E-state index in [9.17, 15) is 9.59 Å². The summed E-state index contributed by atoms with van der Waals surface area (Å²) in [6.07, 6.45) is 16.0. The Balaban J connectivity index is 1.21. The van der Waals surface area contributed by atoms with Crippen molar-refractivity contribution in [1.82, 2.24) is 0 Å². The predicted molar refractivity (Wildman–Crippen MR) is 136 cm³/mol. The number of methoxy groups -OCH3 is 2. The Morgan fingerprint density at radius 2 is 1.14 bits per heavy atom. The number of carbonyl (C=O) groups is 2. The molecule has 7 nitrogen and oxygen atoms in total. The van der Waals surface area contributed by atoms with Crippen molar-refractivity contribution < 1.29 is 28.5 Å². The molecule has 3 rings (SSSR count). The third-order valence-electron chi connectivity index (χ3n) is 8.82. The molecule has 0 bridgehead atoms. The maximum atomic E-state index is 12.0. The first kappa shape index (κ1) is 28.9. The van der Waals surface area contributed by atoms with Crippen LogP contribution in [0, 0.1) is 40.9 Å². The lowest BCUT2D eigenvalue weighted by Crippen LogP contribution is -2.36. The van der Waals surface area contributed by atoms with E-state index in [4.69, 9.17) is 24.2 Å². The molecule has 0 heterocycles. The van der Waals surface area contributed by atoms with Crippen LogP contribution in [0.2, 0.25) is 0 Å². The van der Waals surface area contributed by atoms with Gasteiger partial charge in [0.25, 0.3) is 0 Å². The Hall–Kier alpha value is -1.65. The summed E-state index contributed by atoms with van der Waals surface area (Å²) in [4.78, 5) is 24.0. The van der Waals surface area contributed by atoms with Gasteiger partial charge < -0.3 is 18.9 Å². The fraction of sp³-hybridized carbons (Fsp3) is 0.897. The molecule has 0 saturated heterocycles. The summed E-state index contributed by atoms with van der Waals surface area (Å²) in [6.45, 7) is 1.49. The first-order valence-electron chi connectivity index (χ1n) is 14.3. The highest BCUT2D eigenvalue weighted by Gasteiger charge is 2.37. The van der Waals surface area contributed by atoms with Crippen molar-refractivity contribution in [2.75, 3.05) is 27.4 Å². The predicted octanol–water partition coefficient (Wildman–Crippen LogP) is 5.60. The van der Waals surface area contributed by atoms with Gasteiger partial charge >= 0.3 is 11.9 Å². The molecule has 0 aromatic heterocycles. The molecule has 3 aliphatic rings. The molecule has 2 atom stereocenters. The second-order valence-corrected chi connectivity index (χ2v) is 11.2. The average Bonchev–Trinajstić information content (AvgIpc) is 2.93. The third kappa shape index (κ3) is 9.03. The standard InChI is InChI=1S/C29H47NO6/c1-33-28(31)24-17-25(29(32)34-2)19-27(18-24)36-16-6-4-3-5-15-35-26-13-11-23(12-14-26)22-9-7-21(20-30)8-10-22/h21-27H,3-19H2,1-2H3. The zero-order valence-corrected chi connectivity index (χ0v) is 22.5. The van der Waals surface area contributed by atoms with Crippen molar-refractivity contribution in [2.45, 2.75) is 109 Å². The molecule has 3 fully saturated rings. The van der Waals surface area contributed by atoms with Crippen molar-refractivity contribution in [3.05, 3.63) is 0 Å². The van der Waals surface area contributed by atoms with E-state index in [1.165, 1.54) is 52.7 Å². The van der Waals surface area contributed by atoms with E-state index in [0.29, 0.717) is 37.9 Å². The number of nitriles is 1. The summed E-state index contributed by atoms with van der Waals surface area (Å²) in [5.74, 6) is 0.843. The second kappa shape index (κ2) is 15.6. The van der Waals surface area contributed by atoms with E-state index in [-0.39, 0.29) is 29.9 Å². The van der Waals surface area contributed by atoms with Gasteiger partial charge in [0, 0.05) is 19.1 Å². The largest absolute Gasteiger partial charge is 0.469 e. The first-order valence-corrected chi connectivity index (χ1v) is 14.3. The SMILES string of the molecule is COC(=O)C1CC(OCCCCCCOC2CCC(C3CCC(C#N)CC3)CC2)CC(C(=O)OC)C1. The van der Waals surface area contributed by atoms with E-state index < -0.39 is 0 Å². The van der Waals surface area contributed by atoms with E-state index in [2.05, 4.69) is 6.07 Å². The van der Waals surface area contributed by atoms with Crippen molar-refractivity contribution in [1.29, 1.82) is 5.26 Å². The number of unbranched alkanes of at least 4 members (excludes halogenated alkanes) is 3. The van der Waals surface area contributed by atoms with Crippen LogP contribution >= 0.6 is 0 Å². The minimum Gasteiger partial charge on any atom is -0.469 e. The van der Waals surface area contributed by atoms with Crippen LogP contribution in [-0.2, 0) is 28.5 Å². The molecule has 3 saturated carbocycles. The lowest BCUT2D eigenvalue weighted by Gasteiger charge is -2.36. The van der Waals surface area contributed by atoms with Crippen LogP contribution in [0.25, 0.3) is 0 Å². The zero-order valence-electron chi connectivity index (χ0n) is 22.5. The van der Waals surface area contributed by atoms with Gasteiger partial charge in [0.2, 0.25) is 0 Å². The van der Waals surface area contributed by atoms with Crippen LogP contribution in [0.3, 0.4) is 0 Å². The Kier molecular flexibility index (Phi) is 12.5. The molecule has 0 spiro atoms. The Morgan fingerprint density at radius 1 is 0.667 bits per heavy atom. The number of hydrogen-bond donors (Lipinski definition) is 0. The van der Waals surface area contributed by atoms with Crippen molar-refractivity contribution in [2.24, 2.45) is 29.6 Å². The molecule has 0 N–H and O–H groups in total. The summed E-state index contributed by atoms with van der Waals surface area (Å²) in [5, 5.41) is 9.11. The van der Waals surface area contributed by atoms with Crippen molar-refractivity contribution >= 4 is 11.9 Å². The Bertz CT molecular complexity index is 681. The van der Waals surface area contributed by atoms with Gasteiger partial charge in [0.05, 0.1) is 44.3 Å². The monoisotopic (exact) mass is 505 g/mol. The maximum Gasteiger partial charge on any atom is 0.308 e. The van der Waals surface area contributed by atoms with E-state index in [1.807, 2.05) is 0 Å². The van der Waals surface area contributed by atoms with Crippen LogP contribution in [0.4, 0.5) is 0 Å².